The lowest BCUT2D eigenvalue weighted by Crippen LogP contribution is -2.13. The first kappa shape index (κ1) is 13.6. The molecule has 1 aromatic carbocycles. The Morgan fingerprint density at radius 3 is 2.76 bits per heavy atom. The Balaban J connectivity index is 1.71. The van der Waals surface area contributed by atoms with Crippen LogP contribution < -0.4 is 0 Å². The van der Waals surface area contributed by atoms with Gasteiger partial charge in [0.05, 0.1) is 0 Å². The van der Waals surface area contributed by atoms with Crippen LogP contribution in [0, 0.1) is 6.92 Å². The standard InChI is InChI=1S/C16H13NO3S/c1-10-6-7-15(21-10)16(19)20-9-14(18)12-8-17-13-5-3-2-4-11(12)13/h2-8,17H,9H2,1H3. The van der Waals surface area contributed by atoms with E-state index in [1.54, 1.807) is 12.3 Å². The van der Waals surface area contributed by atoms with Crippen molar-refractivity contribution in [1.29, 1.82) is 0 Å². The number of esters is 1. The number of para-hydroxylation sites is 1. The number of hydrogen-bond acceptors (Lipinski definition) is 4. The number of fused-ring (bicyclic) bond motifs is 1. The van der Waals surface area contributed by atoms with E-state index in [2.05, 4.69) is 4.98 Å². The van der Waals surface area contributed by atoms with Crippen LogP contribution in [-0.2, 0) is 4.74 Å². The minimum atomic E-state index is -0.457. The van der Waals surface area contributed by atoms with Gasteiger partial charge in [-0.1, -0.05) is 18.2 Å². The molecule has 5 heteroatoms. The first-order chi connectivity index (χ1) is 10.1. The van der Waals surface area contributed by atoms with E-state index in [1.807, 2.05) is 37.3 Å². The van der Waals surface area contributed by atoms with E-state index < -0.39 is 5.97 Å². The minimum Gasteiger partial charge on any atom is -0.453 e. The quantitative estimate of drug-likeness (QED) is 0.591. The molecular weight excluding hydrogens is 286 g/mol. The molecule has 4 nitrogen and oxygen atoms in total. The van der Waals surface area contributed by atoms with Crippen molar-refractivity contribution >= 4 is 34.0 Å². The number of Topliss-reactive ketones (excluding diaryl/α,β-unsaturated/α-hetero) is 1. The molecule has 2 heterocycles. The number of carbonyl (C=O) groups is 2. The lowest BCUT2D eigenvalue weighted by molar-refractivity contribution is 0.0480. The molecule has 0 aliphatic heterocycles. The highest BCUT2D eigenvalue weighted by atomic mass is 32.1. The topological polar surface area (TPSA) is 59.2 Å². The van der Waals surface area contributed by atoms with Crippen molar-refractivity contribution in [2.75, 3.05) is 6.61 Å². The molecule has 0 amide bonds. The van der Waals surface area contributed by atoms with Crippen LogP contribution in [-0.4, -0.2) is 23.3 Å². The van der Waals surface area contributed by atoms with Crippen LogP contribution in [0.2, 0.25) is 0 Å². The third-order valence-corrected chi connectivity index (χ3v) is 4.15. The van der Waals surface area contributed by atoms with Gasteiger partial charge in [0.2, 0.25) is 5.78 Å². The van der Waals surface area contributed by atoms with E-state index in [-0.39, 0.29) is 12.4 Å². The Morgan fingerprint density at radius 1 is 1.19 bits per heavy atom. The molecule has 0 bridgehead atoms. The van der Waals surface area contributed by atoms with Gasteiger partial charge in [-0.25, -0.2) is 4.79 Å². The van der Waals surface area contributed by atoms with E-state index in [4.69, 9.17) is 4.74 Å². The highest BCUT2D eigenvalue weighted by Crippen LogP contribution is 2.19. The summed E-state index contributed by atoms with van der Waals surface area (Å²) in [5.74, 6) is -0.671. The second-order valence-electron chi connectivity index (χ2n) is 4.66. The van der Waals surface area contributed by atoms with Crippen LogP contribution in [0.25, 0.3) is 10.9 Å². The molecule has 0 saturated carbocycles. The minimum absolute atomic E-state index is 0.214. The van der Waals surface area contributed by atoms with Crippen LogP contribution in [0.1, 0.15) is 24.9 Å². The van der Waals surface area contributed by atoms with Crippen molar-refractivity contribution in [3.63, 3.8) is 0 Å². The van der Waals surface area contributed by atoms with Gasteiger partial charge >= 0.3 is 5.97 Å². The molecule has 2 aromatic heterocycles. The number of aromatic nitrogens is 1. The number of hydrogen-bond donors (Lipinski definition) is 1. The maximum Gasteiger partial charge on any atom is 0.348 e. The normalized spacial score (nSPS) is 10.7. The monoisotopic (exact) mass is 299 g/mol. The molecule has 106 valence electrons. The van der Waals surface area contributed by atoms with Crippen LogP contribution in [0.4, 0.5) is 0 Å². The van der Waals surface area contributed by atoms with Crippen molar-refractivity contribution in [1.82, 2.24) is 4.98 Å². The van der Waals surface area contributed by atoms with E-state index in [0.717, 1.165) is 15.8 Å². The van der Waals surface area contributed by atoms with Crippen LogP contribution >= 0.6 is 11.3 Å². The van der Waals surface area contributed by atoms with Crippen molar-refractivity contribution in [2.24, 2.45) is 0 Å². The average molecular weight is 299 g/mol. The Kier molecular flexibility index (Phi) is 3.58. The molecule has 21 heavy (non-hydrogen) atoms. The zero-order valence-electron chi connectivity index (χ0n) is 11.4. The summed E-state index contributed by atoms with van der Waals surface area (Å²) in [7, 11) is 0. The molecule has 0 unspecified atom stereocenters. The number of thiophene rings is 1. The van der Waals surface area contributed by atoms with Crippen molar-refractivity contribution < 1.29 is 14.3 Å². The Morgan fingerprint density at radius 2 is 2.00 bits per heavy atom. The van der Waals surface area contributed by atoms with E-state index in [9.17, 15) is 9.59 Å². The molecular formula is C16H13NO3S. The molecule has 0 spiro atoms. The maximum atomic E-state index is 12.2. The highest BCUT2D eigenvalue weighted by molar-refractivity contribution is 7.13. The zero-order chi connectivity index (χ0) is 14.8. The smallest absolute Gasteiger partial charge is 0.348 e. The number of rotatable bonds is 4. The molecule has 0 atom stereocenters. The number of nitrogens with one attached hydrogen (secondary N) is 1. The SMILES string of the molecule is Cc1ccc(C(=O)OCC(=O)c2c[nH]c3ccccc23)s1. The molecule has 1 N–H and O–H groups in total. The van der Waals surface area contributed by atoms with Crippen LogP contribution in [0.3, 0.4) is 0 Å². The van der Waals surface area contributed by atoms with Gasteiger partial charge < -0.3 is 9.72 Å². The summed E-state index contributed by atoms with van der Waals surface area (Å²) in [5.41, 5.74) is 1.43. The molecule has 0 saturated heterocycles. The van der Waals surface area contributed by atoms with Gasteiger partial charge in [0.1, 0.15) is 4.88 Å². The van der Waals surface area contributed by atoms with Gasteiger partial charge in [-0.2, -0.15) is 0 Å². The summed E-state index contributed by atoms with van der Waals surface area (Å²) in [4.78, 5) is 28.6. The molecule has 0 radical (unpaired) electrons. The first-order valence-corrected chi connectivity index (χ1v) is 7.29. The number of ether oxygens (including phenoxy) is 1. The van der Waals surface area contributed by atoms with Crippen molar-refractivity contribution in [2.45, 2.75) is 6.92 Å². The van der Waals surface area contributed by atoms with Gasteiger partial charge in [0.15, 0.2) is 6.61 Å². The van der Waals surface area contributed by atoms with Gasteiger partial charge in [-0.15, -0.1) is 11.3 Å². The van der Waals surface area contributed by atoms with E-state index in [0.29, 0.717) is 10.4 Å². The van der Waals surface area contributed by atoms with E-state index >= 15 is 0 Å². The third-order valence-electron chi connectivity index (χ3n) is 3.17. The fourth-order valence-corrected chi connectivity index (χ4v) is 2.89. The fourth-order valence-electron chi connectivity index (χ4n) is 2.13. The van der Waals surface area contributed by atoms with Gasteiger partial charge in [0, 0.05) is 27.5 Å². The second-order valence-corrected chi connectivity index (χ2v) is 5.95. The summed E-state index contributed by atoms with van der Waals surface area (Å²) in [6.45, 7) is 1.66. The molecule has 0 aliphatic rings. The van der Waals surface area contributed by atoms with Crippen molar-refractivity contribution in [3.05, 3.63) is 57.9 Å². The predicted molar refractivity (Wildman–Crippen MR) is 82.0 cm³/mol. The lowest BCUT2D eigenvalue weighted by atomic mass is 10.1. The number of benzene rings is 1. The van der Waals surface area contributed by atoms with E-state index in [1.165, 1.54) is 11.3 Å². The number of H-pyrrole nitrogens is 1. The van der Waals surface area contributed by atoms with Crippen molar-refractivity contribution in [3.8, 4) is 0 Å². The predicted octanol–water partition coefficient (Wildman–Crippen LogP) is 3.58. The zero-order valence-corrected chi connectivity index (χ0v) is 12.2. The molecule has 0 aliphatic carbocycles. The summed E-state index contributed by atoms with van der Waals surface area (Å²) >= 11 is 1.36. The van der Waals surface area contributed by atoms with Gasteiger partial charge in [-0.3, -0.25) is 4.79 Å². The van der Waals surface area contributed by atoms with Gasteiger partial charge in [-0.05, 0) is 25.1 Å². The lowest BCUT2D eigenvalue weighted by Gasteiger charge is -2.02. The number of aryl methyl sites for hydroxylation is 1. The molecule has 3 aromatic rings. The van der Waals surface area contributed by atoms with Crippen LogP contribution in [0.5, 0.6) is 0 Å². The Labute approximate surface area is 125 Å². The molecule has 3 rings (SSSR count). The summed E-state index contributed by atoms with van der Waals surface area (Å²) < 4.78 is 5.08. The van der Waals surface area contributed by atoms with Gasteiger partial charge in [0.25, 0.3) is 0 Å². The maximum absolute atomic E-state index is 12.2. The number of aromatic amines is 1. The Hall–Kier alpha value is -2.40. The second kappa shape index (κ2) is 5.54. The third kappa shape index (κ3) is 2.73. The highest BCUT2D eigenvalue weighted by Gasteiger charge is 2.15. The summed E-state index contributed by atoms with van der Waals surface area (Å²) in [5, 5.41) is 0.838. The first-order valence-electron chi connectivity index (χ1n) is 6.48. The number of ketones is 1. The largest absolute Gasteiger partial charge is 0.453 e. The number of carbonyl (C=O) groups excluding carboxylic acids is 2. The Bertz CT molecular complexity index is 816. The fraction of sp³-hybridized carbons (Fsp3) is 0.125. The average Bonchev–Trinajstić information content (AvgIpc) is 3.10. The summed E-state index contributed by atoms with van der Waals surface area (Å²) in [6, 6.07) is 11.1. The molecule has 0 fully saturated rings. The summed E-state index contributed by atoms with van der Waals surface area (Å²) in [6.07, 6.45) is 1.65. The van der Waals surface area contributed by atoms with Crippen LogP contribution in [0.15, 0.2) is 42.6 Å².